The van der Waals surface area contributed by atoms with Crippen molar-refractivity contribution in [2.45, 2.75) is 46.0 Å². The van der Waals surface area contributed by atoms with Crippen LogP contribution >= 0.6 is 11.3 Å². The quantitative estimate of drug-likeness (QED) is 0.469. The van der Waals surface area contributed by atoms with Gasteiger partial charge in [0.05, 0.1) is 18.7 Å². The highest BCUT2D eigenvalue weighted by Crippen LogP contribution is 2.40. The molecule has 166 valence electrons. The van der Waals surface area contributed by atoms with Gasteiger partial charge in [-0.15, -0.1) is 11.3 Å². The van der Waals surface area contributed by atoms with E-state index in [2.05, 4.69) is 17.1 Å². The normalized spacial score (nSPS) is 18.0. The van der Waals surface area contributed by atoms with Gasteiger partial charge in [0.2, 0.25) is 5.91 Å². The van der Waals surface area contributed by atoms with Gasteiger partial charge in [0.25, 0.3) is 0 Å². The van der Waals surface area contributed by atoms with Gasteiger partial charge in [0.15, 0.2) is 0 Å². The topological polar surface area (TPSA) is 133 Å². The van der Waals surface area contributed by atoms with E-state index >= 15 is 0 Å². The second-order valence-corrected chi connectivity index (χ2v) is 8.52. The number of hydrogen-bond acceptors (Lipinski definition) is 7. The van der Waals surface area contributed by atoms with Gasteiger partial charge < -0.3 is 20.3 Å². The van der Waals surface area contributed by atoms with Gasteiger partial charge in [-0.2, -0.15) is 0 Å². The molecule has 2 aliphatic rings. The third-order valence-corrected chi connectivity index (χ3v) is 6.16. The van der Waals surface area contributed by atoms with Crippen LogP contribution in [0, 0.1) is 5.92 Å². The molecule has 1 aliphatic heterocycles. The average Bonchev–Trinajstić information content (AvgIpc) is 3.29. The summed E-state index contributed by atoms with van der Waals surface area (Å²) in [4.78, 5) is 46.4. The molecule has 9 nitrogen and oxygen atoms in total. The van der Waals surface area contributed by atoms with Crippen molar-refractivity contribution in [1.29, 1.82) is 0 Å². The van der Waals surface area contributed by atoms with Gasteiger partial charge in [0, 0.05) is 4.88 Å². The highest BCUT2D eigenvalue weighted by atomic mass is 32.1. The van der Waals surface area contributed by atoms with Gasteiger partial charge in [-0.1, -0.05) is 6.92 Å². The standard InChI is InChI=1S/C18H26N2O3S.C2H2O4/c1-3-23-18(22)16-13-7-6-12(2)10-14(13)24-17(16)19-15(21)11-20-8-4-5-9-20;3-1(4)2(5)6/h12H,3-11H2,1-2H3,(H,19,21);(H,3,4)(H,5,6). The molecule has 1 unspecified atom stereocenters. The SMILES string of the molecule is CCOC(=O)c1c(NC(=O)CN2CCCC2)sc2c1CCC(C)C2.O=C(O)C(=O)O. The van der Waals surface area contributed by atoms with E-state index in [1.54, 1.807) is 11.3 Å². The molecule has 1 saturated heterocycles. The summed E-state index contributed by atoms with van der Waals surface area (Å²) in [6.07, 6.45) is 5.27. The summed E-state index contributed by atoms with van der Waals surface area (Å²) in [5.74, 6) is -3.36. The third-order valence-electron chi connectivity index (χ3n) is 4.99. The molecule has 0 bridgehead atoms. The van der Waals surface area contributed by atoms with Gasteiger partial charge in [0.1, 0.15) is 5.00 Å². The van der Waals surface area contributed by atoms with Crippen LogP contribution in [-0.2, 0) is 32.0 Å². The fraction of sp³-hybridized carbons (Fsp3) is 0.600. The minimum absolute atomic E-state index is 0.0332. The number of carbonyl (C=O) groups is 4. The van der Waals surface area contributed by atoms with Crippen molar-refractivity contribution in [3.05, 3.63) is 16.0 Å². The number of nitrogens with one attached hydrogen (secondary N) is 1. The summed E-state index contributed by atoms with van der Waals surface area (Å²) >= 11 is 1.55. The van der Waals surface area contributed by atoms with Crippen molar-refractivity contribution in [3.63, 3.8) is 0 Å². The Kier molecular flexibility index (Phi) is 8.79. The number of likely N-dealkylation sites (tertiary alicyclic amines) is 1. The predicted octanol–water partition coefficient (Wildman–Crippen LogP) is 2.24. The predicted molar refractivity (Wildman–Crippen MR) is 111 cm³/mol. The Balaban J connectivity index is 0.000000469. The van der Waals surface area contributed by atoms with Crippen molar-refractivity contribution >= 4 is 40.2 Å². The number of carboxylic acid groups (broad SMARTS) is 2. The maximum Gasteiger partial charge on any atom is 0.414 e. The smallest absolute Gasteiger partial charge is 0.414 e. The second-order valence-electron chi connectivity index (χ2n) is 7.42. The Morgan fingerprint density at radius 3 is 2.37 bits per heavy atom. The fourth-order valence-electron chi connectivity index (χ4n) is 3.57. The largest absolute Gasteiger partial charge is 0.473 e. The fourth-order valence-corrected chi connectivity index (χ4v) is 4.98. The van der Waals surface area contributed by atoms with Crippen LogP contribution in [0.15, 0.2) is 0 Å². The molecule has 0 spiro atoms. The van der Waals surface area contributed by atoms with E-state index in [1.807, 2.05) is 6.92 Å². The number of anilines is 1. The Hall–Kier alpha value is -2.46. The van der Waals surface area contributed by atoms with E-state index in [9.17, 15) is 9.59 Å². The summed E-state index contributed by atoms with van der Waals surface area (Å²) in [6, 6.07) is 0. The van der Waals surface area contributed by atoms with Crippen LogP contribution in [0.4, 0.5) is 5.00 Å². The van der Waals surface area contributed by atoms with Crippen LogP contribution in [-0.4, -0.2) is 65.2 Å². The van der Waals surface area contributed by atoms with Crippen LogP contribution in [0.25, 0.3) is 0 Å². The van der Waals surface area contributed by atoms with Gasteiger partial charge in [-0.3, -0.25) is 9.69 Å². The third kappa shape index (κ3) is 6.53. The summed E-state index contributed by atoms with van der Waals surface area (Å²) in [7, 11) is 0. The lowest BCUT2D eigenvalue weighted by Crippen LogP contribution is -2.31. The average molecular weight is 441 g/mol. The molecule has 1 aliphatic carbocycles. The van der Waals surface area contributed by atoms with Gasteiger partial charge in [-0.25, -0.2) is 14.4 Å². The number of ether oxygens (including phenoxy) is 1. The lowest BCUT2D eigenvalue weighted by molar-refractivity contribution is -0.159. The van der Waals surface area contributed by atoms with Crippen molar-refractivity contribution in [2.24, 2.45) is 5.92 Å². The minimum atomic E-state index is -1.82. The summed E-state index contributed by atoms with van der Waals surface area (Å²) < 4.78 is 5.24. The molecule has 30 heavy (non-hydrogen) atoms. The first-order valence-corrected chi connectivity index (χ1v) is 10.8. The molecule has 3 N–H and O–H groups in total. The van der Waals surface area contributed by atoms with Gasteiger partial charge >= 0.3 is 17.9 Å². The van der Waals surface area contributed by atoms with E-state index in [4.69, 9.17) is 24.5 Å². The first-order valence-electron chi connectivity index (χ1n) is 10.0. The Morgan fingerprint density at radius 2 is 1.80 bits per heavy atom. The highest BCUT2D eigenvalue weighted by molar-refractivity contribution is 7.17. The minimum Gasteiger partial charge on any atom is -0.473 e. The number of carbonyl (C=O) groups excluding carboxylic acids is 2. The molecule has 1 fully saturated rings. The first kappa shape index (κ1) is 23.8. The number of fused-ring (bicyclic) bond motifs is 1. The molecule has 1 amide bonds. The van der Waals surface area contributed by atoms with E-state index in [0.29, 0.717) is 29.6 Å². The van der Waals surface area contributed by atoms with Crippen LogP contribution < -0.4 is 5.32 Å². The maximum atomic E-state index is 12.4. The summed E-state index contributed by atoms with van der Waals surface area (Å²) in [5.41, 5.74) is 1.69. The van der Waals surface area contributed by atoms with Crippen molar-refractivity contribution in [1.82, 2.24) is 4.90 Å². The monoisotopic (exact) mass is 440 g/mol. The number of amides is 1. The number of thiophene rings is 1. The van der Waals surface area contributed by atoms with E-state index in [-0.39, 0.29) is 11.9 Å². The molecule has 1 atom stereocenters. The van der Waals surface area contributed by atoms with Crippen LogP contribution in [0.1, 0.15) is 53.9 Å². The number of rotatable bonds is 5. The highest BCUT2D eigenvalue weighted by Gasteiger charge is 2.29. The Labute approximate surface area is 179 Å². The van der Waals surface area contributed by atoms with E-state index in [1.165, 1.54) is 4.88 Å². The Bertz CT molecular complexity index is 787. The number of nitrogens with zero attached hydrogens (tertiary/aromatic N) is 1. The van der Waals surface area contributed by atoms with E-state index < -0.39 is 11.9 Å². The first-order chi connectivity index (χ1) is 14.2. The zero-order chi connectivity index (χ0) is 22.3. The molecule has 0 saturated carbocycles. The molecule has 3 rings (SSSR count). The zero-order valence-electron chi connectivity index (χ0n) is 17.2. The molecule has 1 aromatic heterocycles. The lowest BCUT2D eigenvalue weighted by Gasteiger charge is -2.18. The molecular formula is C20H28N2O7S. The number of carboxylic acids is 2. The Morgan fingerprint density at radius 1 is 1.17 bits per heavy atom. The van der Waals surface area contributed by atoms with Crippen molar-refractivity contribution in [3.8, 4) is 0 Å². The molecular weight excluding hydrogens is 412 g/mol. The van der Waals surface area contributed by atoms with Crippen LogP contribution in [0.3, 0.4) is 0 Å². The van der Waals surface area contributed by atoms with Gasteiger partial charge in [-0.05, 0) is 63.6 Å². The van der Waals surface area contributed by atoms with Crippen LogP contribution in [0.5, 0.6) is 0 Å². The molecule has 0 radical (unpaired) electrons. The number of aliphatic carboxylic acids is 2. The van der Waals surface area contributed by atoms with E-state index in [0.717, 1.165) is 50.8 Å². The summed E-state index contributed by atoms with van der Waals surface area (Å²) in [5, 5.41) is 18.4. The van der Waals surface area contributed by atoms with Crippen LogP contribution in [0.2, 0.25) is 0 Å². The molecule has 10 heteroatoms. The van der Waals surface area contributed by atoms with Crippen molar-refractivity contribution in [2.75, 3.05) is 31.6 Å². The maximum absolute atomic E-state index is 12.4. The zero-order valence-corrected chi connectivity index (χ0v) is 18.0. The molecule has 2 heterocycles. The van der Waals surface area contributed by atoms with Crippen molar-refractivity contribution < 1.29 is 34.1 Å². The lowest BCUT2D eigenvalue weighted by atomic mass is 9.88. The number of esters is 1. The summed E-state index contributed by atoms with van der Waals surface area (Å²) in [6.45, 7) is 6.76. The molecule has 0 aromatic carbocycles. The second kappa shape index (κ2) is 11.1. The molecule has 1 aromatic rings. The number of hydrogen-bond donors (Lipinski definition) is 3.